The van der Waals surface area contributed by atoms with Crippen LogP contribution < -0.4 is 5.32 Å². The molecule has 0 unspecified atom stereocenters. The molecule has 0 atom stereocenters. The number of anilines is 1. The van der Waals surface area contributed by atoms with Crippen molar-refractivity contribution < 1.29 is 4.79 Å². The van der Waals surface area contributed by atoms with Crippen molar-refractivity contribution >= 4 is 33.3 Å². The van der Waals surface area contributed by atoms with Crippen molar-refractivity contribution in [3.05, 3.63) is 41.5 Å². The molecule has 0 spiro atoms. The molecule has 0 radical (unpaired) electrons. The monoisotopic (exact) mass is 435 g/mol. The highest BCUT2D eigenvalue weighted by Crippen LogP contribution is 2.37. The van der Waals surface area contributed by atoms with Crippen LogP contribution >= 0.6 is 11.3 Å². The predicted molar refractivity (Wildman–Crippen MR) is 126 cm³/mol. The Bertz CT molecular complexity index is 1050. The molecule has 1 aromatic carbocycles. The first-order valence-electron chi connectivity index (χ1n) is 11.3. The number of likely N-dealkylation sites (tertiary alicyclic amines) is 2. The zero-order chi connectivity index (χ0) is 21.2. The first-order valence-corrected chi connectivity index (χ1v) is 12.1. The SMILES string of the molecule is Cc1nc(NC2CCN(CC(=O)N3CCCC3)CC2)c2c(-c3ccccc3)csc2n1. The summed E-state index contributed by atoms with van der Waals surface area (Å²) in [5, 5.41) is 7.03. The summed E-state index contributed by atoms with van der Waals surface area (Å²) in [6, 6.07) is 10.8. The van der Waals surface area contributed by atoms with E-state index >= 15 is 0 Å². The summed E-state index contributed by atoms with van der Waals surface area (Å²) >= 11 is 1.68. The highest BCUT2D eigenvalue weighted by atomic mass is 32.1. The average Bonchev–Trinajstić information content (AvgIpc) is 3.46. The summed E-state index contributed by atoms with van der Waals surface area (Å²) in [5.41, 5.74) is 2.39. The molecule has 2 saturated heterocycles. The standard InChI is InChI=1S/C24H29N5OS/c1-17-25-23(22-20(16-31-24(22)26-17)18-7-3-2-4-8-18)27-19-9-13-28(14-10-19)15-21(30)29-11-5-6-12-29/h2-4,7-8,16,19H,5-6,9-15H2,1H3,(H,25,26,27). The summed E-state index contributed by atoms with van der Waals surface area (Å²) in [6.45, 7) is 6.28. The summed E-state index contributed by atoms with van der Waals surface area (Å²) in [6.07, 6.45) is 4.33. The Balaban J connectivity index is 1.29. The van der Waals surface area contributed by atoms with Crippen molar-refractivity contribution in [2.75, 3.05) is 38.0 Å². The molecule has 2 aromatic heterocycles. The Hall–Kier alpha value is -2.51. The fourth-order valence-electron chi connectivity index (χ4n) is 4.67. The van der Waals surface area contributed by atoms with Crippen LogP contribution in [0.3, 0.4) is 0 Å². The first kappa shape index (κ1) is 20.4. The summed E-state index contributed by atoms with van der Waals surface area (Å²) in [4.78, 5) is 27.3. The molecular formula is C24H29N5OS. The lowest BCUT2D eigenvalue weighted by molar-refractivity contribution is -0.131. The van der Waals surface area contributed by atoms with Crippen LogP contribution in [0, 0.1) is 6.92 Å². The van der Waals surface area contributed by atoms with Crippen molar-refractivity contribution in [2.24, 2.45) is 0 Å². The average molecular weight is 436 g/mol. The molecule has 5 rings (SSSR count). The number of nitrogens with one attached hydrogen (secondary N) is 1. The lowest BCUT2D eigenvalue weighted by Gasteiger charge is -2.33. The molecule has 31 heavy (non-hydrogen) atoms. The minimum absolute atomic E-state index is 0.294. The summed E-state index contributed by atoms with van der Waals surface area (Å²) < 4.78 is 0. The van der Waals surface area contributed by atoms with E-state index in [1.54, 1.807) is 11.3 Å². The number of fused-ring (bicyclic) bond motifs is 1. The molecule has 6 nitrogen and oxygen atoms in total. The van der Waals surface area contributed by atoms with Crippen LogP contribution in [-0.2, 0) is 4.79 Å². The molecule has 0 bridgehead atoms. The Labute approximate surface area is 187 Å². The molecule has 2 fully saturated rings. The Morgan fingerprint density at radius 1 is 1.10 bits per heavy atom. The number of carbonyl (C=O) groups excluding carboxylic acids is 1. The second-order valence-electron chi connectivity index (χ2n) is 8.60. The van der Waals surface area contributed by atoms with Gasteiger partial charge in [-0.05, 0) is 38.2 Å². The van der Waals surface area contributed by atoms with Crippen LogP contribution in [0.15, 0.2) is 35.7 Å². The van der Waals surface area contributed by atoms with Crippen molar-refractivity contribution in [1.82, 2.24) is 19.8 Å². The number of aromatic nitrogens is 2. The number of amides is 1. The van der Waals surface area contributed by atoms with E-state index in [1.165, 1.54) is 11.1 Å². The molecular weight excluding hydrogens is 406 g/mol. The molecule has 2 aliphatic heterocycles. The number of thiophene rings is 1. The van der Waals surface area contributed by atoms with Crippen molar-refractivity contribution in [2.45, 2.75) is 38.6 Å². The quantitative estimate of drug-likeness (QED) is 0.652. The van der Waals surface area contributed by atoms with Gasteiger partial charge in [0.15, 0.2) is 0 Å². The molecule has 4 heterocycles. The summed E-state index contributed by atoms with van der Waals surface area (Å²) in [5.74, 6) is 2.03. The normalized spacial score (nSPS) is 18.0. The third kappa shape index (κ3) is 4.43. The highest BCUT2D eigenvalue weighted by Gasteiger charge is 2.25. The molecule has 162 valence electrons. The predicted octanol–water partition coefficient (Wildman–Crippen LogP) is 4.17. The number of carbonyl (C=O) groups is 1. The maximum Gasteiger partial charge on any atom is 0.236 e. The van der Waals surface area contributed by atoms with Crippen molar-refractivity contribution in [3.8, 4) is 11.1 Å². The van der Waals surface area contributed by atoms with E-state index in [0.29, 0.717) is 18.5 Å². The molecule has 1 amide bonds. The van der Waals surface area contributed by atoms with E-state index in [2.05, 4.69) is 44.8 Å². The Morgan fingerprint density at radius 3 is 2.58 bits per heavy atom. The van der Waals surface area contributed by atoms with Gasteiger partial charge in [-0.25, -0.2) is 9.97 Å². The second-order valence-corrected chi connectivity index (χ2v) is 9.46. The third-order valence-electron chi connectivity index (χ3n) is 6.38. The number of nitrogens with zero attached hydrogens (tertiary/aromatic N) is 4. The van der Waals surface area contributed by atoms with E-state index in [0.717, 1.165) is 73.7 Å². The number of rotatable bonds is 5. The van der Waals surface area contributed by atoms with Gasteiger partial charge in [0.2, 0.25) is 5.91 Å². The van der Waals surface area contributed by atoms with E-state index < -0.39 is 0 Å². The van der Waals surface area contributed by atoms with Crippen LogP contribution in [-0.4, -0.2) is 64.4 Å². The topological polar surface area (TPSA) is 61.4 Å². The van der Waals surface area contributed by atoms with Gasteiger partial charge in [0.1, 0.15) is 16.5 Å². The van der Waals surface area contributed by atoms with Crippen LogP contribution in [0.4, 0.5) is 5.82 Å². The van der Waals surface area contributed by atoms with E-state index in [4.69, 9.17) is 4.98 Å². The third-order valence-corrected chi connectivity index (χ3v) is 7.25. The fraction of sp³-hybridized carbons (Fsp3) is 0.458. The molecule has 0 saturated carbocycles. The maximum absolute atomic E-state index is 12.5. The van der Waals surface area contributed by atoms with Gasteiger partial charge in [-0.2, -0.15) is 0 Å². The van der Waals surface area contributed by atoms with Crippen LogP contribution in [0.25, 0.3) is 21.3 Å². The maximum atomic E-state index is 12.5. The van der Waals surface area contributed by atoms with Crippen molar-refractivity contribution in [3.63, 3.8) is 0 Å². The van der Waals surface area contributed by atoms with Gasteiger partial charge in [0.25, 0.3) is 0 Å². The van der Waals surface area contributed by atoms with E-state index in [1.807, 2.05) is 17.9 Å². The van der Waals surface area contributed by atoms with Gasteiger partial charge in [-0.1, -0.05) is 30.3 Å². The zero-order valence-electron chi connectivity index (χ0n) is 18.0. The number of hydrogen-bond acceptors (Lipinski definition) is 6. The minimum Gasteiger partial charge on any atom is -0.367 e. The van der Waals surface area contributed by atoms with Crippen LogP contribution in [0.1, 0.15) is 31.5 Å². The second kappa shape index (κ2) is 8.93. The lowest BCUT2D eigenvalue weighted by atomic mass is 10.0. The Morgan fingerprint density at radius 2 is 1.84 bits per heavy atom. The van der Waals surface area contributed by atoms with Gasteiger partial charge in [-0.15, -0.1) is 11.3 Å². The van der Waals surface area contributed by atoms with Crippen LogP contribution in [0.5, 0.6) is 0 Å². The van der Waals surface area contributed by atoms with E-state index in [9.17, 15) is 4.79 Å². The largest absolute Gasteiger partial charge is 0.367 e. The first-order chi connectivity index (χ1) is 15.2. The van der Waals surface area contributed by atoms with E-state index in [-0.39, 0.29) is 0 Å². The van der Waals surface area contributed by atoms with Crippen molar-refractivity contribution in [1.29, 1.82) is 0 Å². The smallest absolute Gasteiger partial charge is 0.236 e. The number of benzene rings is 1. The summed E-state index contributed by atoms with van der Waals surface area (Å²) in [7, 11) is 0. The Kier molecular flexibility index (Phi) is 5.87. The van der Waals surface area contributed by atoms with Gasteiger partial charge in [0.05, 0.1) is 11.9 Å². The number of piperidine rings is 1. The van der Waals surface area contributed by atoms with Gasteiger partial charge >= 0.3 is 0 Å². The van der Waals surface area contributed by atoms with Gasteiger partial charge < -0.3 is 10.2 Å². The highest BCUT2D eigenvalue weighted by molar-refractivity contribution is 7.17. The molecule has 7 heteroatoms. The zero-order valence-corrected chi connectivity index (χ0v) is 18.8. The van der Waals surface area contributed by atoms with Crippen LogP contribution in [0.2, 0.25) is 0 Å². The lowest BCUT2D eigenvalue weighted by Crippen LogP contribution is -2.45. The molecule has 3 aromatic rings. The van der Waals surface area contributed by atoms with Gasteiger partial charge in [0, 0.05) is 43.2 Å². The number of hydrogen-bond donors (Lipinski definition) is 1. The fourth-order valence-corrected chi connectivity index (χ4v) is 5.66. The molecule has 2 aliphatic rings. The molecule has 1 N–H and O–H groups in total. The minimum atomic E-state index is 0.294. The molecule has 0 aliphatic carbocycles. The number of aryl methyl sites for hydroxylation is 1. The van der Waals surface area contributed by atoms with Gasteiger partial charge in [-0.3, -0.25) is 9.69 Å².